The number of carbonyl (C=O) groups excluding carboxylic acids is 1. The molecule has 1 aromatic rings. The average molecular weight is 543 g/mol. The summed E-state index contributed by atoms with van der Waals surface area (Å²) in [4.78, 5) is 12.8. The van der Waals surface area contributed by atoms with E-state index in [2.05, 4.69) is 5.32 Å². The van der Waals surface area contributed by atoms with Gasteiger partial charge in [-0.05, 0) is 97.4 Å². The van der Waals surface area contributed by atoms with Gasteiger partial charge in [-0.25, -0.2) is 17.2 Å². The number of nitrogens with zero attached hydrogens (tertiary/aromatic N) is 1. The summed E-state index contributed by atoms with van der Waals surface area (Å²) in [5.41, 5.74) is -0.573. The zero-order valence-corrected chi connectivity index (χ0v) is 23.3. The molecule has 2 saturated carbocycles. The fourth-order valence-corrected chi connectivity index (χ4v) is 7.25. The third kappa shape index (κ3) is 6.11. The highest BCUT2D eigenvalue weighted by Crippen LogP contribution is 2.70. The van der Waals surface area contributed by atoms with E-state index in [9.17, 15) is 22.0 Å². The molecule has 1 heterocycles. The van der Waals surface area contributed by atoms with Gasteiger partial charge in [0.2, 0.25) is 10.0 Å². The van der Waals surface area contributed by atoms with Crippen LogP contribution in [0.3, 0.4) is 0 Å². The van der Waals surface area contributed by atoms with Crippen LogP contribution in [0.5, 0.6) is 5.75 Å². The van der Waals surface area contributed by atoms with E-state index in [1.54, 1.807) is 39.0 Å². The number of benzene rings is 1. The van der Waals surface area contributed by atoms with Crippen LogP contribution in [0.2, 0.25) is 0 Å². The Morgan fingerprint density at radius 1 is 1.27 bits per heavy atom. The van der Waals surface area contributed by atoms with Gasteiger partial charge >= 0.3 is 5.97 Å². The van der Waals surface area contributed by atoms with Crippen molar-refractivity contribution in [3.8, 4) is 5.75 Å². The summed E-state index contributed by atoms with van der Waals surface area (Å²) < 4.78 is 66.9. The third-order valence-corrected chi connectivity index (χ3v) is 9.55. The fourth-order valence-electron chi connectivity index (χ4n) is 5.50. The summed E-state index contributed by atoms with van der Waals surface area (Å²) in [5, 5.41) is 3.35. The predicted octanol–water partition coefficient (Wildman–Crippen LogP) is 4.81. The van der Waals surface area contributed by atoms with E-state index in [1.807, 2.05) is 13.8 Å². The Balaban J connectivity index is 1.35. The molecule has 3 aliphatic rings. The van der Waals surface area contributed by atoms with E-state index in [4.69, 9.17) is 9.47 Å². The summed E-state index contributed by atoms with van der Waals surface area (Å²) in [6, 6.07) is 4.27. The van der Waals surface area contributed by atoms with Gasteiger partial charge in [0.1, 0.15) is 22.3 Å². The number of sulfonamides is 1. The van der Waals surface area contributed by atoms with E-state index in [1.165, 1.54) is 4.31 Å². The highest BCUT2D eigenvalue weighted by Gasteiger charge is 2.75. The summed E-state index contributed by atoms with van der Waals surface area (Å²) in [7, 11) is -3.99. The minimum absolute atomic E-state index is 0.0285. The summed E-state index contributed by atoms with van der Waals surface area (Å²) in [5.74, 6) is -2.74. The summed E-state index contributed by atoms with van der Waals surface area (Å²) in [6.07, 6.45) is 3.31. The van der Waals surface area contributed by atoms with Crippen molar-refractivity contribution in [2.45, 2.75) is 114 Å². The van der Waals surface area contributed by atoms with Crippen molar-refractivity contribution in [3.63, 3.8) is 0 Å². The molecule has 208 valence electrons. The maximum Gasteiger partial charge on any atom is 0.324 e. The molecule has 3 fully saturated rings. The van der Waals surface area contributed by atoms with Crippen LogP contribution in [0.25, 0.3) is 0 Å². The number of rotatable bonds is 10. The minimum Gasteiger partial charge on any atom is -0.489 e. The zero-order valence-electron chi connectivity index (χ0n) is 22.5. The number of aryl methyl sites for hydroxylation is 1. The van der Waals surface area contributed by atoms with Gasteiger partial charge in [-0.15, -0.1) is 0 Å². The van der Waals surface area contributed by atoms with E-state index >= 15 is 0 Å². The Morgan fingerprint density at radius 2 is 1.95 bits per heavy atom. The molecule has 4 rings (SSSR count). The zero-order chi connectivity index (χ0) is 27.2. The SMILES string of the molecule is Cc1ccc(S(=O)(=O)N2CCC[C@H]2C(=O)OC(C)(C)C)c(OC(C)CCCNC2CC3(C2)CC3(F)F)c1. The molecular formula is C27H40F2N2O5S. The number of alkyl halides is 2. The minimum atomic E-state index is -3.99. The van der Waals surface area contributed by atoms with Crippen LogP contribution in [0, 0.1) is 12.3 Å². The standard InChI is InChI=1S/C27H40F2N2O5S/c1-18-10-11-23(37(33,34)31-13-7-9-21(31)24(32)36-25(3,4)5)22(14-18)35-19(2)8-6-12-30-20-15-26(16-20)17-27(26,28)29/h10-11,14,19-21,30H,6-9,12-13,15-17H2,1-5H3/t19?,20?,21-,26?/m0/s1. The molecule has 0 amide bonds. The van der Waals surface area contributed by atoms with Crippen LogP contribution < -0.4 is 10.1 Å². The van der Waals surface area contributed by atoms with E-state index in [-0.39, 0.29) is 35.8 Å². The Morgan fingerprint density at radius 3 is 2.57 bits per heavy atom. The molecular weight excluding hydrogens is 502 g/mol. The second kappa shape index (κ2) is 10.1. The van der Waals surface area contributed by atoms with Crippen molar-refractivity contribution in [2.24, 2.45) is 5.41 Å². The number of ether oxygens (including phenoxy) is 2. The number of nitrogens with one attached hydrogen (secondary N) is 1. The highest BCUT2D eigenvalue weighted by atomic mass is 32.2. The van der Waals surface area contributed by atoms with Gasteiger partial charge < -0.3 is 14.8 Å². The monoisotopic (exact) mass is 542 g/mol. The van der Waals surface area contributed by atoms with Gasteiger partial charge in [-0.3, -0.25) is 4.79 Å². The summed E-state index contributed by atoms with van der Waals surface area (Å²) >= 11 is 0. The first-order valence-electron chi connectivity index (χ1n) is 13.3. The molecule has 10 heteroatoms. The Kier molecular flexibility index (Phi) is 7.69. The lowest BCUT2D eigenvalue weighted by Crippen LogP contribution is -2.45. The van der Waals surface area contributed by atoms with Gasteiger partial charge in [0.05, 0.1) is 6.10 Å². The van der Waals surface area contributed by atoms with Gasteiger partial charge in [-0.2, -0.15) is 4.31 Å². The van der Waals surface area contributed by atoms with Crippen LogP contribution in [-0.2, 0) is 19.6 Å². The normalized spacial score (nSPS) is 28.1. The molecule has 2 atom stereocenters. The molecule has 1 aliphatic heterocycles. The second-order valence-corrected chi connectivity index (χ2v) is 13.9. The molecule has 2 aliphatic carbocycles. The van der Waals surface area contributed by atoms with Gasteiger partial charge in [-0.1, -0.05) is 6.07 Å². The third-order valence-electron chi connectivity index (χ3n) is 7.60. The van der Waals surface area contributed by atoms with Crippen molar-refractivity contribution in [1.82, 2.24) is 9.62 Å². The van der Waals surface area contributed by atoms with E-state index < -0.39 is 39.0 Å². The first-order chi connectivity index (χ1) is 17.1. The van der Waals surface area contributed by atoms with Crippen LogP contribution in [0.1, 0.15) is 78.2 Å². The lowest BCUT2D eigenvalue weighted by Gasteiger charge is -2.36. The lowest BCUT2D eigenvalue weighted by atomic mass is 9.76. The average Bonchev–Trinajstić information content (AvgIpc) is 3.08. The second-order valence-electron chi connectivity index (χ2n) is 12.0. The number of hydrogen-bond donors (Lipinski definition) is 1. The van der Waals surface area contributed by atoms with Crippen molar-refractivity contribution < 1.29 is 31.5 Å². The molecule has 1 N–H and O–H groups in total. The number of halogens is 2. The highest BCUT2D eigenvalue weighted by molar-refractivity contribution is 7.89. The fraction of sp³-hybridized carbons (Fsp3) is 0.741. The Bertz CT molecular complexity index is 1110. The topological polar surface area (TPSA) is 84.9 Å². The molecule has 1 saturated heterocycles. The van der Waals surface area contributed by atoms with Crippen molar-refractivity contribution >= 4 is 16.0 Å². The maximum atomic E-state index is 13.7. The van der Waals surface area contributed by atoms with Crippen LogP contribution in [-0.4, -0.2) is 61.5 Å². The van der Waals surface area contributed by atoms with Gasteiger partial charge in [0.25, 0.3) is 5.92 Å². The first-order valence-corrected chi connectivity index (χ1v) is 14.7. The number of carbonyl (C=O) groups is 1. The predicted molar refractivity (Wildman–Crippen MR) is 136 cm³/mol. The molecule has 37 heavy (non-hydrogen) atoms. The van der Waals surface area contributed by atoms with Crippen molar-refractivity contribution in [3.05, 3.63) is 23.8 Å². The summed E-state index contributed by atoms with van der Waals surface area (Å²) in [6.45, 7) is 9.98. The maximum absolute atomic E-state index is 13.7. The molecule has 1 aromatic carbocycles. The molecule has 0 bridgehead atoms. The largest absolute Gasteiger partial charge is 0.489 e. The van der Waals surface area contributed by atoms with Crippen LogP contribution in [0.4, 0.5) is 8.78 Å². The molecule has 0 aromatic heterocycles. The van der Waals surface area contributed by atoms with E-state index in [0.717, 1.165) is 12.0 Å². The number of hydrogen-bond acceptors (Lipinski definition) is 6. The Labute approximate surface area is 219 Å². The molecule has 7 nitrogen and oxygen atoms in total. The van der Waals surface area contributed by atoms with Gasteiger partial charge in [0, 0.05) is 24.4 Å². The van der Waals surface area contributed by atoms with Crippen molar-refractivity contribution in [2.75, 3.05) is 13.1 Å². The van der Waals surface area contributed by atoms with E-state index in [0.29, 0.717) is 38.6 Å². The lowest BCUT2D eigenvalue weighted by molar-refractivity contribution is -0.158. The molecule has 1 unspecified atom stereocenters. The van der Waals surface area contributed by atoms with Crippen LogP contribution in [0.15, 0.2) is 23.1 Å². The van der Waals surface area contributed by atoms with Crippen LogP contribution >= 0.6 is 0 Å². The Hall–Kier alpha value is -1.78. The van der Waals surface area contributed by atoms with Crippen molar-refractivity contribution in [1.29, 1.82) is 0 Å². The number of esters is 1. The molecule has 1 spiro atoms. The quantitative estimate of drug-likeness (QED) is 0.337. The first kappa shape index (κ1) is 28.2. The molecule has 0 radical (unpaired) electrons. The van der Waals surface area contributed by atoms with Gasteiger partial charge in [0.15, 0.2) is 0 Å². The smallest absolute Gasteiger partial charge is 0.324 e.